The normalized spacial score (nSPS) is 11.1. The largest absolute Gasteiger partial charge is 0.382 e. The molecule has 2 aromatic carbocycles. The molecule has 5 aromatic rings. The summed E-state index contributed by atoms with van der Waals surface area (Å²) < 4.78 is 0. The topological polar surface area (TPSA) is 77.6 Å². The molecule has 0 saturated carbocycles. The third-order valence-corrected chi connectivity index (χ3v) is 5.67. The van der Waals surface area contributed by atoms with Crippen LogP contribution in [-0.2, 0) is 0 Å². The fourth-order valence-electron chi connectivity index (χ4n) is 3.24. The Balaban J connectivity index is 1.75. The molecule has 3 heterocycles. The van der Waals surface area contributed by atoms with E-state index in [1.165, 1.54) is 0 Å². The van der Waals surface area contributed by atoms with Gasteiger partial charge in [0.2, 0.25) is 0 Å². The molecular weight excluding hydrogens is 366 g/mol. The fraction of sp³-hybridized carbons (Fsp3) is 0. The highest BCUT2D eigenvalue weighted by Crippen LogP contribution is 2.40. The van der Waals surface area contributed by atoms with Gasteiger partial charge in [0.15, 0.2) is 11.5 Å². The summed E-state index contributed by atoms with van der Waals surface area (Å²) in [5, 5.41) is 11.5. The number of rotatable bonds is 3. The lowest BCUT2D eigenvalue weighted by molar-refractivity contribution is 1.06. The highest BCUT2D eigenvalue weighted by atomic mass is 32.2. The van der Waals surface area contributed by atoms with Gasteiger partial charge in [0.25, 0.3) is 0 Å². The Bertz CT molecular complexity index is 1300. The van der Waals surface area contributed by atoms with E-state index in [2.05, 4.69) is 26.2 Å². The predicted octanol–water partition coefficient (Wildman–Crippen LogP) is 4.97. The smallest absolute Gasteiger partial charge is 0.160 e. The van der Waals surface area contributed by atoms with Crippen LogP contribution in [0.4, 0.5) is 5.82 Å². The van der Waals surface area contributed by atoms with E-state index in [-0.39, 0.29) is 0 Å². The Kier molecular flexibility index (Phi) is 4.10. The first-order valence-corrected chi connectivity index (χ1v) is 9.61. The maximum Gasteiger partial charge on any atom is 0.160 e. The Morgan fingerprint density at radius 3 is 2.39 bits per heavy atom. The van der Waals surface area contributed by atoms with E-state index in [9.17, 15) is 0 Å². The molecule has 134 valence electrons. The van der Waals surface area contributed by atoms with Crippen molar-refractivity contribution in [2.45, 2.75) is 9.79 Å². The maximum absolute atomic E-state index is 6.15. The minimum atomic E-state index is 0.429. The van der Waals surface area contributed by atoms with Gasteiger partial charge in [-0.2, -0.15) is 0 Å². The first kappa shape index (κ1) is 16.6. The van der Waals surface area contributed by atoms with Gasteiger partial charge in [-0.1, -0.05) is 54.2 Å². The molecule has 0 amide bonds. The predicted molar refractivity (Wildman–Crippen MR) is 113 cm³/mol. The molecule has 0 aliphatic rings. The molecule has 0 aliphatic carbocycles. The molecule has 28 heavy (non-hydrogen) atoms. The van der Waals surface area contributed by atoms with Crippen LogP contribution in [0, 0.1) is 0 Å². The van der Waals surface area contributed by atoms with Crippen molar-refractivity contribution in [3.63, 3.8) is 0 Å². The standard InChI is InChI=1S/C22H15N5S/c23-21-16-8-4-10-18(19(16)20(26-27-21)14-6-2-1-3-7-14)28-17-11-13-25-22-15(17)9-5-12-24-22/h1-13H,(H2,23,27). The lowest BCUT2D eigenvalue weighted by Crippen LogP contribution is -1.98. The summed E-state index contributed by atoms with van der Waals surface area (Å²) in [5.41, 5.74) is 8.72. The molecule has 0 aliphatic heterocycles. The lowest BCUT2D eigenvalue weighted by Gasteiger charge is -2.12. The highest BCUT2D eigenvalue weighted by Gasteiger charge is 2.15. The Hall–Kier alpha value is -3.51. The van der Waals surface area contributed by atoms with Crippen molar-refractivity contribution < 1.29 is 0 Å². The van der Waals surface area contributed by atoms with E-state index in [4.69, 9.17) is 5.73 Å². The molecule has 6 heteroatoms. The maximum atomic E-state index is 6.15. The van der Waals surface area contributed by atoms with Gasteiger partial charge in [-0.3, -0.25) is 0 Å². The Labute approximate surface area is 165 Å². The third-order valence-electron chi connectivity index (χ3n) is 4.54. The van der Waals surface area contributed by atoms with Crippen molar-refractivity contribution in [3.8, 4) is 11.3 Å². The quantitative estimate of drug-likeness (QED) is 0.475. The van der Waals surface area contributed by atoms with Crippen molar-refractivity contribution >= 4 is 39.4 Å². The zero-order chi connectivity index (χ0) is 18.9. The molecule has 0 atom stereocenters. The van der Waals surface area contributed by atoms with Crippen LogP contribution in [0.5, 0.6) is 0 Å². The van der Waals surface area contributed by atoms with Gasteiger partial charge in [-0.05, 0) is 24.3 Å². The molecule has 0 spiro atoms. The van der Waals surface area contributed by atoms with Gasteiger partial charge in [-0.25, -0.2) is 9.97 Å². The van der Waals surface area contributed by atoms with E-state index in [1.54, 1.807) is 24.2 Å². The van der Waals surface area contributed by atoms with Crippen LogP contribution < -0.4 is 5.73 Å². The lowest BCUT2D eigenvalue weighted by atomic mass is 10.0. The van der Waals surface area contributed by atoms with Crippen molar-refractivity contribution in [1.29, 1.82) is 0 Å². The monoisotopic (exact) mass is 381 g/mol. The Morgan fingerprint density at radius 1 is 0.679 bits per heavy atom. The van der Waals surface area contributed by atoms with Gasteiger partial charge in [0, 0.05) is 43.9 Å². The molecule has 2 N–H and O–H groups in total. The summed E-state index contributed by atoms with van der Waals surface area (Å²) in [6.45, 7) is 0. The molecule has 0 unspecified atom stereocenters. The number of pyridine rings is 2. The van der Waals surface area contributed by atoms with Gasteiger partial charge >= 0.3 is 0 Å². The second-order valence-electron chi connectivity index (χ2n) is 6.26. The van der Waals surface area contributed by atoms with Crippen LogP contribution in [-0.4, -0.2) is 20.2 Å². The van der Waals surface area contributed by atoms with E-state index in [0.717, 1.165) is 42.9 Å². The van der Waals surface area contributed by atoms with E-state index < -0.39 is 0 Å². The van der Waals surface area contributed by atoms with Crippen LogP contribution >= 0.6 is 11.8 Å². The first-order valence-electron chi connectivity index (χ1n) is 8.79. The average molecular weight is 381 g/mol. The van der Waals surface area contributed by atoms with E-state index >= 15 is 0 Å². The molecule has 5 rings (SSSR count). The van der Waals surface area contributed by atoms with Gasteiger partial charge in [0.05, 0.1) is 0 Å². The molecule has 0 radical (unpaired) electrons. The summed E-state index contributed by atoms with van der Waals surface area (Å²) in [6.07, 6.45) is 3.54. The van der Waals surface area contributed by atoms with E-state index in [0.29, 0.717) is 5.82 Å². The van der Waals surface area contributed by atoms with Crippen molar-refractivity contribution in [2.75, 3.05) is 5.73 Å². The van der Waals surface area contributed by atoms with Gasteiger partial charge in [0.1, 0.15) is 5.69 Å². The second-order valence-corrected chi connectivity index (χ2v) is 7.35. The number of nitrogens with zero attached hydrogens (tertiary/aromatic N) is 4. The minimum absolute atomic E-state index is 0.429. The van der Waals surface area contributed by atoms with E-state index in [1.807, 2.05) is 60.7 Å². The average Bonchev–Trinajstić information content (AvgIpc) is 2.75. The van der Waals surface area contributed by atoms with Crippen molar-refractivity contribution in [3.05, 3.63) is 79.1 Å². The summed E-state index contributed by atoms with van der Waals surface area (Å²) in [5.74, 6) is 0.429. The Morgan fingerprint density at radius 2 is 1.50 bits per heavy atom. The van der Waals surface area contributed by atoms with Crippen LogP contribution in [0.2, 0.25) is 0 Å². The van der Waals surface area contributed by atoms with Crippen LogP contribution in [0.1, 0.15) is 0 Å². The number of aromatic nitrogens is 4. The van der Waals surface area contributed by atoms with Crippen molar-refractivity contribution in [1.82, 2.24) is 20.2 Å². The molecule has 0 saturated heterocycles. The zero-order valence-electron chi connectivity index (χ0n) is 14.8. The van der Waals surface area contributed by atoms with Crippen LogP contribution in [0.25, 0.3) is 33.1 Å². The highest BCUT2D eigenvalue weighted by molar-refractivity contribution is 7.99. The summed E-state index contributed by atoms with van der Waals surface area (Å²) >= 11 is 1.66. The van der Waals surface area contributed by atoms with Gasteiger partial charge in [-0.15, -0.1) is 10.2 Å². The molecule has 5 nitrogen and oxygen atoms in total. The second kappa shape index (κ2) is 6.90. The third kappa shape index (κ3) is 2.84. The fourth-order valence-corrected chi connectivity index (χ4v) is 4.34. The first-order chi connectivity index (χ1) is 13.8. The van der Waals surface area contributed by atoms with Gasteiger partial charge < -0.3 is 5.73 Å². The summed E-state index contributed by atoms with van der Waals surface area (Å²) in [6, 6.07) is 22.1. The molecule has 3 aromatic heterocycles. The number of nitrogens with two attached hydrogens (primary N) is 1. The number of hydrogen-bond acceptors (Lipinski definition) is 6. The number of hydrogen-bond donors (Lipinski definition) is 1. The molecule has 0 fully saturated rings. The number of nitrogen functional groups attached to an aromatic ring is 1. The summed E-state index contributed by atoms with van der Waals surface area (Å²) in [7, 11) is 0. The zero-order valence-corrected chi connectivity index (χ0v) is 15.6. The minimum Gasteiger partial charge on any atom is -0.382 e. The number of fused-ring (bicyclic) bond motifs is 2. The SMILES string of the molecule is Nc1nnc(-c2ccccc2)c2c(Sc3ccnc4ncccc34)cccc12. The molecule has 0 bridgehead atoms. The van der Waals surface area contributed by atoms with Crippen LogP contribution in [0.3, 0.4) is 0 Å². The number of benzene rings is 2. The van der Waals surface area contributed by atoms with Crippen LogP contribution in [0.15, 0.2) is 88.9 Å². The molecular formula is C22H15N5S. The number of anilines is 1. The summed E-state index contributed by atoms with van der Waals surface area (Å²) in [4.78, 5) is 10.9. The van der Waals surface area contributed by atoms with Crippen molar-refractivity contribution in [2.24, 2.45) is 0 Å².